The Kier molecular flexibility index (Phi) is 7.59. The average molecular weight is 475 g/mol. The first-order chi connectivity index (χ1) is 17.6. The van der Waals surface area contributed by atoms with Crippen LogP contribution in [0.4, 0.5) is 27.5 Å². The Morgan fingerprint density at radius 2 is 1.03 bits per heavy atom. The van der Waals surface area contributed by atoms with Gasteiger partial charge in [0.05, 0.1) is 22.7 Å². The van der Waals surface area contributed by atoms with Crippen LogP contribution in [0.15, 0.2) is 107 Å². The van der Waals surface area contributed by atoms with Crippen LogP contribution >= 0.6 is 0 Å². The van der Waals surface area contributed by atoms with Gasteiger partial charge in [-0.15, -0.1) is 0 Å². The molecule has 176 valence electrons. The van der Waals surface area contributed by atoms with Gasteiger partial charge in [-0.3, -0.25) is 4.90 Å². The van der Waals surface area contributed by atoms with E-state index in [-0.39, 0.29) is 0 Å². The van der Waals surface area contributed by atoms with Crippen molar-refractivity contribution in [3.05, 3.63) is 119 Å². The molecule has 0 spiro atoms. The highest BCUT2D eigenvalue weighted by molar-refractivity contribution is 5.98. The summed E-state index contributed by atoms with van der Waals surface area (Å²) in [6.07, 6.45) is 4.32. The van der Waals surface area contributed by atoms with Crippen LogP contribution in [0.3, 0.4) is 0 Å². The molecule has 0 bridgehead atoms. The molecule has 0 saturated heterocycles. The Balaban J connectivity index is 1.53. The van der Waals surface area contributed by atoms with Gasteiger partial charge in [-0.1, -0.05) is 60.7 Å². The number of aliphatic imine (C=N–C) groups is 2. The quantitative estimate of drug-likeness (QED) is 0.249. The largest absolute Gasteiger partial charge is 0.351 e. The number of benzene rings is 4. The summed E-state index contributed by atoms with van der Waals surface area (Å²) in [6.45, 7) is 0. The maximum Gasteiger partial charge on any atom is 0.323 e. The molecule has 0 fully saturated rings. The third kappa shape index (κ3) is 5.69. The second-order valence-corrected chi connectivity index (χ2v) is 8.02. The fourth-order valence-corrected chi connectivity index (χ4v) is 4.01. The molecule has 0 atom stereocenters. The molecule has 36 heavy (non-hydrogen) atoms. The van der Waals surface area contributed by atoms with E-state index in [2.05, 4.69) is 9.98 Å². The summed E-state index contributed by atoms with van der Waals surface area (Å²) in [5.74, 6) is 0. The third-order valence-corrected chi connectivity index (χ3v) is 5.71. The van der Waals surface area contributed by atoms with Gasteiger partial charge in [-0.25, -0.2) is 14.4 Å². The molecule has 0 saturated carbocycles. The lowest BCUT2D eigenvalue weighted by molar-refractivity contribution is 0.256. The lowest BCUT2D eigenvalue weighted by atomic mass is 10.0. The summed E-state index contributed by atoms with van der Waals surface area (Å²) < 4.78 is 0. The smallest absolute Gasteiger partial charge is 0.323 e. The van der Waals surface area contributed by atoms with Gasteiger partial charge in [-0.2, -0.15) is 9.98 Å². The van der Waals surface area contributed by atoms with Crippen LogP contribution in [0, 0.1) is 0 Å². The molecule has 2 N–H and O–H groups in total. The zero-order chi connectivity index (χ0) is 25.3. The van der Waals surface area contributed by atoms with E-state index < -0.39 is 6.03 Å². The number of isocyanates is 2. The summed E-state index contributed by atoms with van der Waals surface area (Å²) in [4.78, 5) is 42.7. The van der Waals surface area contributed by atoms with Crippen molar-refractivity contribution in [2.24, 2.45) is 15.7 Å². The fraction of sp³-hybridized carbons (Fsp3) is 0.0690. The monoisotopic (exact) mass is 474 g/mol. The number of rotatable bonds is 8. The van der Waals surface area contributed by atoms with Gasteiger partial charge in [0, 0.05) is 0 Å². The molecule has 0 radical (unpaired) electrons. The predicted molar refractivity (Wildman–Crippen MR) is 139 cm³/mol. The van der Waals surface area contributed by atoms with E-state index in [0.717, 1.165) is 22.3 Å². The Labute approximate surface area is 208 Å². The van der Waals surface area contributed by atoms with Crippen molar-refractivity contribution in [2.75, 3.05) is 4.90 Å². The number of primary amides is 1. The number of hydrogen-bond acceptors (Lipinski definition) is 5. The van der Waals surface area contributed by atoms with E-state index in [1.165, 1.54) is 4.90 Å². The van der Waals surface area contributed by atoms with Gasteiger partial charge >= 0.3 is 6.03 Å². The predicted octanol–water partition coefficient (Wildman–Crippen LogP) is 6.02. The topological polar surface area (TPSA) is 105 Å². The van der Waals surface area contributed by atoms with Crippen molar-refractivity contribution < 1.29 is 14.4 Å². The highest BCUT2D eigenvalue weighted by Gasteiger charge is 2.15. The Bertz CT molecular complexity index is 1360. The molecule has 7 nitrogen and oxygen atoms in total. The van der Waals surface area contributed by atoms with Gasteiger partial charge in [0.2, 0.25) is 12.2 Å². The molecule has 4 rings (SSSR count). The van der Waals surface area contributed by atoms with Crippen LogP contribution in [0.2, 0.25) is 0 Å². The first-order valence-electron chi connectivity index (χ1n) is 11.2. The number of carbonyl (C=O) groups is 1. The molecule has 4 aromatic carbocycles. The molecular formula is C29H22N4O3. The van der Waals surface area contributed by atoms with Crippen LogP contribution in [0.1, 0.15) is 22.3 Å². The maximum absolute atomic E-state index is 12.3. The van der Waals surface area contributed by atoms with E-state index in [1.54, 1.807) is 24.3 Å². The molecule has 7 heteroatoms. The highest BCUT2D eigenvalue weighted by Crippen LogP contribution is 2.29. The Morgan fingerprint density at radius 1 is 0.639 bits per heavy atom. The maximum atomic E-state index is 12.3. The molecule has 0 aliphatic heterocycles. The van der Waals surface area contributed by atoms with Crippen molar-refractivity contribution in [1.29, 1.82) is 0 Å². The average Bonchev–Trinajstić information content (AvgIpc) is 2.89. The lowest BCUT2D eigenvalue weighted by Gasteiger charge is -2.21. The van der Waals surface area contributed by atoms with Gasteiger partial charge < -0.3 is 5.73 Å². The second kappa shape index (κ2) is 11.4. The van der Waals surface area contributed by atoms with E-state index in [1.807, 2.05) is 84.9 Å². The highest BCUT2D eigenvalue weighted by atomic mass is 16.2. The standard InChI is InChI=1S/C29H22N4O3/c30-29(36)33(25-13-9-21(10-14-25)17-23-5-1-3-7-27(23)31-19-34)26-15-11-22(12-16-26)18-24-6-2-4-8-28(24)32-20-35/h1-16H,17-18H2,(H2,30,36). The first kappa shape index (κ1) is 24.0. The minimum atomic E-state index is -0.605. The number of urea groups is 1. The number of amides is 2. The van der Waals surface area contributed by atoms with Gasteiger partial charge in [-0.05, 0) is 71.5 Å². The normalized spacial score (nSPS) is 10.1. The SMILES string of the molecule is NC(=O)N(c1ccc(Cc2ccccc2N=C=O)cc1)c1ccc(Cc2ccccc2N=C=O)cc1. The Hall–Kier alpha value is -5.09. The summed E-state index contributed by atoms with van der Waals surface area (Å²) >= 11 is 0. The zero-order valence-corrected chi connectivity index (χ0v) is 19.3. The number of anilines is 2. The van der Waals surface area contributed by atoms with E-state index in [9.17, 15) is 14.4 Å². The second-order valence-electron chi connectivity index (χ2n) is 8.02. The lowest BCUT2D eigenvalue weighted by Crippen LogP contribution is -2.31. The van der Waals surface area contributed by atoms with Gasteiger partial charge in [0.15, 0.2) is 0 Å². The molecule has 0 heterocycles. The molecule has 2 amide bonds. The van der Waals surface area contributed by atoms with Crippen LogP contribution < -0.4 is 10.6 Å². The molecular weight excluding hydrogens is 452 g/mol. The summed E-state index contributed by atoms with van der Waals surface area (Å²) in [7, 11) is 0. The molecule has 4 aromatic rings. The summed E-state index contributed by atoms with van der Waals surface area (Å²) in [6, 6.07) is 29.1. The van der Waals surface area contributed by atoms with Crippen LogP contribution in [0.5, 0.6) is 0 Å². The number of nitrogens with two attached hydrogens (primary N) is 1. The summed E-state index contributed by atoms with van der Waals surface area (Å²) in [5, 5.41) is 0. The minimum absolute atomic E-state index is 0.572. The van der Waals surface area contributed by atoms with E-state index in [4.69, 9.17) is 5.73 Å². The number of hydrogen-bond donors (Lipinski definition) is 1. The van der Waals surface area contributed by atoms with Crippen LogP contribution in [-0.4, -0.2) is 18.2 Å². The molecule has 0 aliphatic carbocycles. The van der Waals surface area contributed by atoms with Crippen molar-refractivity contribution in [3.8, 4) is 0 Å². The van der Waals surface area contributed by atoms with Gasteiger partial charge in [0.25, 0.3) is 0 Å². The molecule has 0 unspecified atom stereocenters. The first-order valence-corrected chi connectivity index (χ1v) is 11.2. The van der Waals surface area contributed by atoms with Crippen molar-refractivity contribution in [2.45, 2.75) is 12.8 Å². The van der Waals surface area contributed by atoms with E-state index in [0.29, 0.717) is 35.6 Å². The van der Waals surface area contributed by atoms with E-state index >= 15 is 0 Å². The zero-order valence-electron chi connectivity index (χ0n) is 19.3. The molecule has 0 aromatic heterocycles. The third-order valence-electron chi connectivity index (χ3n) is 5.71. The molecule has 0 aliphatic rings. The van der Waals surface area contributed by atoms with Crippen molar-refractivity contribution in [1.82, 2.24) is 0 Å². The van der Waals surface area contributed by atoms with Crippen molar-refractivity contribution in [3.63, 3.8) is 0 Å². The van der Waals surface area contributed by atoms with Gasteiger partial charge in [0.1, 0.15) is 0 Å². The van der Waals surface area contributed by atoms with Crippen molar-refractivity contribution >= 4 is 40.9 Å². The Morgan fingerprint density at radius 3 is 1.39 bits per heavy atom. The van der Waals surface area contributed by atoms with Crippen LogP contribution in [-0.2, 0) is 22.4 Å². The minimum Gasteiger partial charge on any atom is -0.351 e. The van der Waals surface area contributed by atoms with Crippen LogP contribution in [0.25, 0.3) is 0 Å². The fourth-order valence-electron chi connectivity index (χ4n) is 4.01. The number of carbonyl (C=O) groups excluding carboxylic acids is 3. The number of nitrogens with zero attached hydrogens (tertiary/aromatic N) is 3. The number of para-hydroxylation sites is 2. The summed E-state index contributed by atoms with van der Waals surface area (Å²) in [5.41, 5.74) is 11.9.